The summed E-state index contributed by atoms with van der Waals surface area (Å²) in [5, 5.41) is 0. The van der Waals surface area contributed by atoms with E-state index < -0.39 is 0 Å². The molecule has 3 heteroatoms. The van der Waals surface area contributed by atoms with Crippen molar-refractivity contribution in [1.29, 1.82) is 0 Å². The number of carbonyl (C=O) groups excluding carboxylic acids is 1. The molecule has 118 valence electrons. The molecule has 1 heterocycles. The molecule has 1 aromatic rings. The van der Waals surface area contributed by atoms with Crippen molar-refractivity contribution in [2.24, 2.45) is 5.92 Å². The number of ether oxygens (including phenoxy) is 1. The van der Waals surface area contributed by atoms with Gasteiger partial charge in [-0.3, -0.25) is 4.90 Å². The Bertz CT molecular complexity index is 505. The molecular weight excluding hydrogens is 274 g/mol. The number of carbonyl (C=O) groups is 1. The maximum atomic E-state index is 12.7. The van der Waals surface area contributed by atoms with Crippen molar-refractivity contribution in [2.75, 3.05) is 19.7 Å². The van der Waals surface area contributed by atoms with E-state index in [0.29, 0.717) is 12.5 Å². The summed E-state index contributed by atoms with van der Waals surface area (Å²) < 4.78 is 5.70. The largest absolute Gasteiger partial charge is 0.464 e. The highest BCUT2D eigenvalue weighted by molar-refractivity contribution is 5.77. The van der Waals surface area contributed by atoms with Gasteiger partial charge in [0.15, 0.2) is 0 Å². The summed E-state index contributed by atoms with van der Waals surface area (Å²) in [6.45, 7) is 2.53. The maximum absolute atomic E-state index is 12.7. The van der Waals surface area contributed by atoms with E-state index in [-0.39, 0.29) is 12.0 Å². The molecule has 1 saturated heterocycles. The van der Waals surface area contributed by atoms with Crippen molar-refractivity contribution < 1.29 is 9.53 Å². The van der Waals surface area contributed by atoms with Crippen molar-refractivity contribution in [2.45, 2.75) is 38.1 Å². The number of benzene rings is 1. The summed E-state index contributed by atoms with van der Waals surface area (Å²) in [6.07, 6.45) is 10.0. The molecule has 0 aromatic heterocycles. The highest BCUT2D eigenvalue weighted by Crippen LogP contribution is 2.27. The molecule has 0 saturated carbocycles. The zero-order valence-corrected chi connectivity index (χ0v) is 13.1. The predicted octanol–water partition coefficient (Wildman–Crippen LogP) is 3.72. The Morgan fingerprint density at radius 2 is 1.95 bits per heavy atom. The summed E-state index contributed by atoms with van der Waals surface area (Å²) in [5.74, 6) is 0.409. The standard InChI is InChI=1S/C19H25NO2/c21-19(22-15-16-9-3-1-4-10-16)18(20-13-7-8-14-20)17-11-5-2-6-12-17/h1-3,5-6,11-12,16,18H,4,7-10,13-15H2. The van der Waals surface area contributed by atoms with Gasteiger partial charge in [0.1, 0.15) is 6.04 Å². The molecule has 22 heavy (non-hydrogen) atoms. The quantitative estimate of drug-likeness (QED) is 0.613. The molecule has 0 spiro atoms. The molecule has 1 aliphatic carbocycles. The van der Waals surface area contributed by atoms with Crippen LogP contribution in [-0.4, -0.2) is 30.6 Å². The zero-order chi connectivity index (χ0) is 15.2. The van der Waals surface area contributed by atoms with Crippen LogP contribution in [0.15, 0.2) is 42.5 Å². The first-order chi connectivity index (χ1) is 10.8. The third-order valence-corrected chi connectivity index (χ3v) is 4.68. The third kappa shape index (κ3) is 3.77. The molecule has 0 radical (unpaired) electrons. The van der Waals surface area contributed by atoms with E-state index in [4.69, 9.17) is 4.74 Å². The van der Waals surface area contributed by atoms with Gasteiger partial charge >= 0.3 is 5.97 Å². The predicted molar refractivity (Wildman–Crippen MR) is 87.4 cm³/mol. The second-order valence-corrected chi connectivity index (χ2v) is 6.34. The van der Waals surface area contributed by atoms with Crippen LogP contribution in [0, 0.1) is 5.92 Å². The van der Waals surface area contributed by atoms with Crippen LogP contribution >= 0.6 is 0 Å². The highest BCUT2D eigenvalue weighted by atomic mass is 16.5. The Morgan fingerprint density at radius 1 is 1.18 bits per heavy atom. The minimum atomic E-state index is -0.233. The van der Waals surface area contributed by atoms with Crippen molar-refractivity contribution in [3.63, 3.8) is 0 Å². The topological polar surface area (TPSA) is 29.5 Å². The first-order valence-corrected chi connectivity index (χ1v) is 8.45. The van der Waals surface area contributed by atoms with E-state index in [2.05, 4.69) is 17.1 Å². The smallest absolute Gasteiger partial charge is 0.328 e. The molecule has 1 fully saturated rings. The van der Waals surface area contributed by atoms with Gasteiger partial charge in [0.25, 0.3) is 0 Å². The first-order valence-electron chi connectivity index (χ1n) is 8.45. The summed E-state index contributed by atoms with van der Waals surface area (Å²) in [7, 11) is 0. The van der Waals surface area contributed by atoms with Gasteiger partial charge < -0.3 is 4.74 Å². The molecule has 0 amide bonds. The fraction of sp³-hybridized carbons (Fsp3) is 0.526. The maximum Gasteiger partial charge on any atom is 0.328 e. The van der Waals surface area contributed by atoms with Crippen LogP contribution in [-0.2, 0) is 9.53 Å². The molecule has 2 aliphatic rings. The van der Waals surface area contributed by atoms with Crippen LogP contribution in [0.4, 0.5) is 0 Å². The molecule has 1 aromatic carbocycles. The Balaban J connectivity index is 1.65. The van der Waals surface area contributed by atoms with Crippen LogP contribution in [0.5, 0.6) is 0 Å². The number of hydrogen-bond donors (Lipinski definition) is 0. The molecule has 1 aliphatic heterocycles. The van der Waals surface area contributed by atoms with Gasteiger partial charge in [0.05, 0.1) is 6.61 Å². The summed E-state index contributed by atoms with van der Waals surface area (Å²) >= 11 is 0. The lowest BCUT2D eigenvalue weighted by Gasteiger charge is -2.27. The second-order valence-electron chi connectivity index (χ2n) is 6.34. The van der Waals surface area contributed by atoms with Crippen LogP contribution in [0.3, 0.4) is 0 Å². The summed E-state index contributed by atoms with van der Waals surface area (Å²) in [6, 6.07) is 9.82. The van der Waals surface area contributed by atoms with E-state index in [0.717, 1.165) is 37.9 Å². The van der Waals surface area contributed by atoms with Crippen molar-refractivity contribution in [1.82, 2.24) is 4.90 Å². The van der Waals surface area contributed by atoms with Crippen molar-refractivity contribution >= 4 is 5.97 Å². The average molecular weight is 299 g/mol. The van der Waals surface area contributed by atoms with Crippen LogP contribution < -0.4 is 0 Å². The zero-order valence-electron chi connectivity index (χ0n) is 13.1. The molecule has 2 unspecified atom stereocenters. The SMILES string of the molecule is O=C(OCC1CC=CCC1)C(c1ccccc1)N1CCCC1. The Morgan fingerprint density at radius 3 is 2.64 bits per heavy atom. The highest BCUT2D eigenvalue weighted by Gasteiger charge is 2.31. The normalized spacial score (nSPS) is 23.4. The number of esters is 1. The van der Waals surface area contributed by atoms with Crippen molar-refractivity contribution in [3.8, 4) is 0 Å². The minimum Gasteiger partial charge on any atom is -0.464 e. The molecule has 0 N–H and O–H groups in total. The second kappa shape index (κ2) is 7.59. The lowest BCUT2D eigenvalue weighted by Crippen LogP contribution is -2.34. The van der Waals surface area contributed by atoms with Crippen LogP contribution in [0.1, 0.15) is 43.7 Å². The van der Waals surface area contributed by atoms with Crippen LogP contribution in [0.25, 0.3) is 0 Å². The van der Waals surface area contributed by atoms with Gasteiger partial charge in [-0.05, 0) is 56.7 Å². The molecule has 3 rings (SSSR count). The lowest BCUT2D eigenvalue weighted by molar-refractivity contribution is -0.151. The Hall–Kier alpha value is -1.61. The average Bonchev–Trinajstić information content (AvgIpc) is 3.09. The van der Waals surface area contributed by atoms with Gasteiger partial charge in [0, 0.05) is 0 Å². The Labute approximate surface area is 133 Å². The van der Waals surface area contributed by atoms with E-state index >= 15 is 0 Å². The van der Waals surface area contributed by atoms with E-state index in [1.807, 2.05) is 30.3 Å². The van der Waals surface area contributed by atoms with Crippen LogP contribution in [0.2, 0.25) is 0 Å². The summed E-state index contributed by atoms with van der Waals surface area (Å²) in [4.78, 5) is 15.0. The third-order valence-electron chi connectivity index (χ3n) is 4.68. The number of allylic oxidation sites excluding steroid dienone is 2. The van der Waals surface area contributed by atoms with Gasteiger partial charge in [0.2, 0.25) is 0 Å². The summed E-state index contributed by atoms with van der Waals surface area (Å²) in [5.41, 5.74) is 1.05. The van der Waals surface area contributed by atoms with E-state index in [1.54, 1.807) is 0 Å². The fourth-order valence-corrected chi connectivity index (χ4v) is 3.42. The van der Waals surface area contributed by atoms with E-state index in [9.17, 15) is 4.79 Å². The monoisotopic (exact) mass is 299 g/mol. The molecular formula is C19H25NO2. The number of rotatable bonds is 5. The number of likely N-dealkylation sites (tertiary alicyclic amines) is 1. The molecule has 2 atom stereocenters. The first kappa shape index (κ1) is 15.3. The molecule has 0 bridgehead atoms. The van der Waals surface area contributed by atoms with Gasteiger partial charge in [-0.2, -0.15) is 0 Å². The van der Waals surface area contributed by atoms with Gasteiger partial charge in [-0.25, -0.2) is 4.79 Å². The number of nitrogens with zero attached hydrogens (tertiary/aromatic N) is 1. The minimum absolute atomic E-state index is 0.0809. The van der Waals surface area contributed by atoms with Crippen molar-refractivity contribution in [3.05, 3.63) is 48.0 Å². The Kier molecular flexibility index (Phi) is 5.28. The fourth-order valence-electron chi connectivity index (χ4n) is 3.42. The van der Waals surface area contributed by atoms with Gasteiger partial charge in [-0.15, -0.1) is 0 Å². The molecule has 3 nitrogen and oxygen atoms in total. The van der Waals surface area contributed by atoms with E-state index in [1.165, 1.54) is 12.8 Å². The van der Waals surface area contributed by atoms with Gasteiger partial charge in [-0.1, -0.05) is 42.5 Å². The number of hydrogen-bond acceptors (Lipinski definition) is 3. The lowest BCUT2D eigenvalue weighted by atomic mass is 9.95.